The summed E-state index contributed by atoms with van der Waals surface area (Å²) in [4.78, 5) is 45.5. The van der Waals surface area contributed by atoms with Crippen molar-refractivity contribution < 1.29 is 29.5 Å². The summed E-state index contributed by atoms with van der Waals surface area (Å²) in [6, 6.07) is 9.70. The Bertz CT molecular complexity index is 857. The number of aryl methyl sites for hydroxylation is 1. The summed E-state index contributed by atoms with van der Waals surface area (Å²) < 4.78 is 0. The second kappa shape index (κ2) is 6.91. The van der Waals surface area contributed by atoms with Gasteiger partial charge in [0.1, 0.15) is 5.56 Å². The van der Waals surface area contributed by atoms with E-state index in [0.717, 1.165) is 11.6 Å². The van der Waals surface area contributed by atoms with Crippen LogP contribution in [0.5, 0.6) is 0 Å². The monoisotopic (exact) mass is 343 g/mol. The average molecular weight is 343 g/mol. The van der Waals surface area contributed by atoms with Crippen LogP contribution in [0.3, 0.4) is 0 Å². The van der Waals surface area contributed by atoms with Crippen molar-refractivity contribution in [1.29, 1.82) is 0 Å². The smallest absolute Gasteiger partial charge is 0.322 e. The molecule has 8 heteroatoms. The molecule has 2 aromatic carbocycles. The summed E-state index contributed by atoms with van der Waals surface area (Å²) in [6.45, 7) is 1.81. The molecule has 0 amide bonds. The minimum Gasteiger partial charge on any atom is -0.480 e. The number of hydrogen-bond acceptors (Lipinski definition) is 5. The summed E-state index contributed by atoms with van der Waals surface area (Å²) in [5, 5.41) is 29.6. The molecular weight excluding hydrogens is 330 g/mol. The zero-order chi connectivity index (χ0) is 18.7. The summed E-state index contributed by atoms with van der Waals surface area (Å²) >= 11 is 0. The van der Waals surface area contributed by atoms with E-state index in [4.69, 9.17) is 10.2 Å². The maximum Gasteiger partial charge on any atom is 0.322 e. The van der Waals surface area contributed by atoms with Crippen LogP contribution in [0.4, 0.5) is 5.69 Å². The van der Waals surface area contributed by atoms with Gasteiger partial charge in [-0.05, 0) is 13.0 Å². The highest BCUT2D eigenvalue weighted by Crippen LogP contribution is 2.32. The molecule has 8 nitrogen and oxygen atoms in total. The van der Waals surface area contributed by atoms with Gasteiger partial charge in [0.25, 0.3) is 5.69 Å². The third kappa shape index (κ3) is 3.52. The lowest BCUT2D eigenvalue weighted by atomic mass is 9.92. The number of carbonyl (C=O) groups is 3. The molecule has 2 rings (SSSR count). The maximum atomic E-state index is 12.6. The zero-order valence-electron chi connectivity index (χ0n) is 13.0. The Balaban J connectivity index is 2.67. The summed E-state index contributed by atoms with van der Waals surface area (Å²) in [6.07, 6.45) is 0. The number of nitro benzene ring substituents is 1. The normalized spacial score (nSPS) is 10.5. The highest BCUT2D eigenvalue weighted by Gasteiger charge is 2.37. The van der Waals surface area contributed by atoms with Gasteiger partial charge in [0, 0.05) is 5.56 Å². The Morgan fingerprint density at radius 2 is 1.56 bits per heavy atom. The molecule has 0 saturated carbocycles. The van der Waals surface area contributed by atoms with E-state index < -0.39 is 39.8 Å². The SMILES string of the molecule is Cc1ccc(C(=O)c2cccc(C(C(=O)O)C(=O)O)c2[N+](=O)[O-])cc1. The van der Waals surface area contributed by atoms with Crippen LogP contribution in [0, 0.1) is 17.0 Å². The molecule has 0 saturated heterocycles. The Kier molecular flexibility index (Phi) is 4.92. The number of hydrogen-bond donors (Lipinski definition) is 2. The first kappa shape index (κ1) is 17.8. The second-order valence-corrected chi connectivity index (χ2v) is 5.31. The number of aliphatic carboxylic acids is 2. The van der Waals surface area contributed by atoms with Crippen molar-refractivity contribution in [2.24, 2.45) is 0 Å². The van der Waals surface area contributed by atoms with Crippen LogP contribution in [-0.4, -0.2) is 32.9 Å². The Morgan fingerprint density at radius 3 is 2.04 bits per heavy atom. The number of rotatable bonds is 6. The fraction of sp³-hybridized carbons (Fsp3) is 0.118. The fourth-order valence-corrected chi connectivity index (χ4v) is 2.41. The first-order chi connectivity index (χ1) is 11.7. The number of nitrogens with zero attached hydrogens (tertiary/aromatic N) is 1. The van der Waals surface area contributed by atoms with E-state index in [1.54, 1.807) is 12.1 Å². The Morgan fingerprint density at radius 1 is 1.00 bits per heavy atom. The van der Waals surface area contributed by atoms with Crippen molar-refractivity contribution in [3.8, 4) is 0 Å². The topological polar surface area (TPSA) is 135 Å². The van der Waals surface area contributed by atoms with Crippen molar-refractivity contribution in [2.75, 3.05) is 0 Å². The van der Waals surface area contributed by atoms with Crippen LogP contribution in [0.15, 0.2) is 42.5 Å². The standard InChI is InChI=1S/C17H13NO7/c1-9-5-7-10(8-6-9)15(19)12-4-2-3-11(14(12)18(24)25)13(16(20)21)17(22)23/h2-8,13H,1H3,(H,20,21)(H,22,23). The lowest BCUT2D eigenvalue weighted by Crippen LogP contribution is -2.23. The molecule has 2 aromatic rings. The van der Waals surface area contributed by atoms with Gasteiger partial charge in [-0.2, -0.15) is 0 Å². The van der Waals surface area contributed by atoms with Gasteiger partial charge in [-0.25, -0.2) is 0 Å². The Labute approximate surface area is 141 Å². The molecule has 0 spiro atoms. The van der Waals surface area contributed by atoms with E-state index in [0.29, 0.717) is 0 Å². The molecular formula is C17H13NO7. The molecule has 0 radical (unpaired) electrons. The number of nitro groups is 1. The number of carboxylic acid groups (broad SMARTS) is 2. The van der Waals surface area contributed by atoms with Crippen molar-refractivity contribution in [2.45, 2.75) is 12.8 Å². The predicted octanol–water partition coefficient (Wildman–Crippen LogP) is 2.39. The van der Waals surface area contributed by atoms with E-state index in [1.807, 2.05) is 6.92 Å². The Hall–Kier alpha value is -3.55. The van der Waals surface area contributed by atoms with Crippen LogP contribution in [0.1, 0.15) is 33.0 Å². The fourth-order valence-electron chi connectivity index (χ4n) is 2.41. The molecule has 0 aliphatic heterocycles. The van der Waals surface area contributed by atoms with Crippen molar-refractivity contribution >= 4 is 23.4 Å². The molecule has 0 bridgehead atoms. The van der Waals surface area contributed by atoms with E-state index in [-0.39, 0.29) is 11.1 Å². The van der Waals surface area contributed by atoms with Crippen molar-refractivity contribution in [3.05, 3.63) is 74.8 Å². The predicted molar refractivity (Wildman–Crippen MR) is 85.7 cm³/mol. The number of para-hydroxylation sites is 1. The highest BCUT2D eigenvalue weighted by molar-refractivity contribution is 6.12. The van der Waals surface area contributed by atoms with Crippen LogP contribution >= 0.6 is 0 Å². The molecule has 0 aliphatic rings. The number of carboxylic acids is 2. The first-order valence-electron chi connectivity index (χ1n) is 7.08. The highest BCUT2D eigenvalue weighted by atomic mass is 16.6. The number of ketones is 1. The van der Waals surface area contributed by atoms with Gasteiger partial charge in [0.05, 0.1) is 10.5 Å². The lowest BCUT2D eigenvalue weighted by molar-refractivity contribution is -0.385. The van der Waals surface area contributed by atoms with Gasteiger partial charge < -0.3 is 10.2 Å². The largest absolute Gasteiger partial charge is 0.480 e. The van der Waals surface area contributed by atoms with Crippen LogP contribution < -0.4 is 0 Å². The maximum absolute atomic E-state index is 12.6. The van der Waals surface area contributed by atoms with Crippen LogP contribution in [0.2, 0.25) is 0 Å². The van der Waals surface area contributed by atoms with Gasteiger partial charge in [-0.1, -0.05) is 42.0 Å². The van der Waals surface area contributed by atoms with E-state index in [1.165, 1.54) is 24.3 Å². The zero-order valence-corrected chi connectivity index (χ0v) is 13.0. The number of benzene rings is 2. The molecule has 25 heavy (non-hydrogen) atoms. The summed E-state index contributed by atoms with van der Waals surface area (Å²) in [5.41, 5.74) is -0.672. The quantitative estimate of drug-likeness (QED) is 0.356. The minimum atomic E-state index is -2.15. The van der Waals surface area contributed by atoms with Crippen molar-refractivity contribution in [1.82, 2.24) is 0 Å². The second-order valence-electron chi connectivity index (χ2n) is 5.31. The average Bonchev–Trinajstić information content (AvgIpc) is 2.53. The van der Waals surface area contributed by atoms with Crippen LogP contribution in [0.25, 0.3) is 0 Å². The van der Waals surface area contributed by atoms with E-state index in [9.17, 15) is 24.5 Å². The summed E-state index contributed by atoms with van der Waals surface area (Å²) in [7, 11) is 0. The van der Waals surface area contributed by atoms with Gasteiger partial charge in [0.2, 0.25) is 0 Å². The molecule has 0 fully saturated rings. The third-order valence-corrected chi connectivity index (χ3v) is 3.61. The minimum absolute atomic E-state index is 0.174. The molecule has 0 unspecified atom stereocenters. The molecule has 0 aromatic heterocycles. The first-order valence-corrected chi connectivity index (χ1v) is 7.08. The third-order valence-electron chi connectivity index (χ3n) is 3.61. The molecule has 0 aliphatic carbocycles. The van der Waals surface area contributed by atoms with Gasteiger partial charge in [0.15, 0.2) is 11.7 Å². The van der Waals surface area contributed by atoms with Gasteiger partial charge >= 0.3 is 11.9 Å². The molecule has 2 N–H and O–H groups in total. The van der Waals surface area contributed by atoms with E-state index in [2.05, 4.69) is 0 Å². The van der Waals surface area contributed by atoms with Crippen molar-refractivity contribution in [3.63, 3.8) is 0 Å². The van der Waals surface area contributed by atoms with Crippen LogP contribution in [-0.2, 0) is 9.59 Å². The van der Waals surface area contributed by atoms with E-state index >= 15 is 0 Å². The lowest BCUT2D eigenvalue weighted by Gasteiger charge is -2.11. The molecule has 0 heterocycles. The number of carbonyl (C=O) groups excluding carboxylic acids is 1. The summed E-state index contributed by atoms with van der Waals surface area (Å²) in [5.74, 6) is -6.35. The molecule has 0 atom stereocenters. The molecule has 128 valence electrons. The van der Waals surface area contributed by atoms with Gasteiger partial charge in [-0.3, -0.25) is 24.5 Å². The van der Waals surface area contributed by atoms with Gasteiger partial charge in [-0.15, -0.1) is 0 Å².